The third-order valence-electron chi connectivity index (χ3n) is 3.59. The van der Waals surface area contributed by atoms with Crippen molar-refractivity contribution < 1.29 is 23.3 Å². The van der Waals surface area contributed by atoms with Crippen LogP contribution in [0, 0.1) is 15.9 Å². The van der Waals surface area contributed by atoms with E-state index in [1.807, 2.05) is 0 Å². The molecule has 0 saturated heterocycles. The number of allylic oxidation sites excluding steroid dienone is 1. The lowest BCUT2D eigenvalue weighted by Crippen LogP contribution is -1.99. The monoisotopic (exact) mass is 405 g/mol. The summed E-state index contributed by atoms with van der Waals surface area (Å²) in [7, 11) is 1.65. The number of carbonyl (C=O) groups excluding carboxylic acids is 1. The molecule has 0 N–H and O–H groups in total. The highest BCUT2D eigenvalue weighted by Crippen LogP contribution is 2.28. The van der Waals surface area contributed by atoms with Gasteiger partial charge in [-0.3, -0.25) is 19.6 Å². The Balaban J connectivity index is 1.66. The second-order valence-electron chi connectivity index (χ2n) is 5.66. The van der Waals surface area contributed by atoms with Gasteiger partial charge in [0, 0.05) is 25.4 Å². The van der Waals surface area contributed by atoms with Crippen molar-refractivity contribution in [1.82, 2.24) is 9.78 Å². The first kappa shape index (κ1) is 19.3. The van der Waals surface area contributed by atoms with E-state index in [-0.39, 0.29) is 28.8 Å². The normalized spacial score (nSPS) is 11.1. The van der Waals surface area contributed by atoms with Crippen molar-refractivity contribution in [3.8, 4) is 5.75 Å². The third-order valence-corrected chi connectivity index (χ3v) is 3.86. The van der Waals surface area contributed by atoms with Crippen molar-refractivity contribution in [3.05, 3.63) is 80.8 Å². The Morgan fingerprint density at radius 1 is 1.43 bits per heavy atom. The molecular weight excluding hydrogens is 393 g/mol. The predicted octanol–water partition coefficient (Wildman–Crippen LogP) is 4.19. The van der Waals surface area contributed by atoms with Crippen molar-refractivity contribution in [2.75, 3.05) is 0 Å². The first-order chi connectivity index (χ1) is 13.3. The minimum atomic E-state index is -0.667. The van der Waals surface area contributed by atoms with Gasteiger partial charge in [-0.25, -0.2) is 4.39 Å². The molecule has 2 heterocycles. The van der Waals surface area contributed by atoms with Gasteiger partial charge in [-0.1, -0.05) is 11.6 Å². The summed E-state index contributed by atoms with van der Waals surface area (Å²) in [5, 5.41) is 15.2. The van der Waals surface area contributed by atoms with E-state index in [4.69, 9.17) is 20.8 Å². The van der Waals surface area contributed by atoms with Crippen LogP contribution in [0.5, 0.6) is 5.75 Å². The number of benzene rings is 1. The molecule has 0 amide bonds. The van der Waals surface area contributed by atoms with Crippen molar-refractivity contribution in [3.63, 3.8) is 0 Å². The van der Waals surface area contributed by atoms with Gasteiger partial charge < -0.3 is 9.15 Å². The van der Waals surface area contributed by atoms with E-state index in [9.17, 15) is 19.3 Å². The van der Waals surface area contributed by atoms with Crippen LogP contribution in [-0.4, -0.2) is 20.5 Å². The lowest BCUT2D eigenvalue weighted by Gasteiger charge is -2.05. The standard InChI is InChI=1S/C18H13ClFN3O5/c1-22-9-14(19)18(21-22)16(24)7-5-12-3-4-13(28-12)10-27-17-8-11(20)2-6-15(17)23(25)26/h2-9H,10H2,1H3/b7-5+. The van der Waals surface area contributed by atoms with Crippen LogP contribution in [0.1, 0.15) is 22.0 Å². The zero-order chi connectivity index (χ0) is 20.3. The summed E-state index contributed by atoms with van der Waals surface area (Å²) in [6, 6.07) is 6.09. The molecule has 0 fully saturated rings. The molecular formula is C18H13ClFN3O5. The highest BCUT2D eigenvalue weighted by molar-refractivity contribution is 6.34. The molecule has 0 unspecified atom stereocenters. The molecule has 8 nitrogen and oxygen atoms in total. The van der Waals surface area contributed by atoms with Gasteiger partial charge in [0.2, 0.25) is 5.78 Å². The first-order valence-corrected chi connectivity index (χ1v) is 8.28. The molecule has 0 aliphatic heterocycles. The molecule has 0 aliphatic carbocycles. The zero-order valence-corrected chi connectivity index (χ0v) is 15.2. The van der Waals surface area contributed by atoms with Crippen LogP contribution in [-0.2, 0) is 13.7 Å². The molecule has 0 atom stereocenters. The maximum absolute atomic E-state index is 13.3. The number of aryl methyl sites for hydroxylation is 1. The van der Waals surface area contributed by atoms with E-state index in [1.54, 1.807) is 19.2 Å². The smallest absolute Gasteiger partial charge is 0.311 e. The highest BCUT2D eigenvalue weighted by atomic mass is 35.5. The molecule has 2 aromatic heterocycles. The number of hydrogen-bond acceptors (Lipinski definition) is 6. The number of nitrogens with zero attached hydrogens (tertiary/aromatic N) is 3. The lowest BCUT2D eigenvalue weighted by atomic mass is 10.2. The van der Waals surface area contributed by atoms with Gasteiger partial charge in [0.15, 0.2) is 11.4 Å². The molecule has 3 aromatic rings. The fourth-order valence-electron chi connectivity index (χ4n) is 2.33. The van der Waals surface area contributed by atoms with Crippen LogP contribution in [0.25, 0.3) is 6.08 Å². The Bertz CT molecular complexity index is 1070. The maximum Gasteiger partial charge on any atom is 0.311 e. The molecule has 1 aromatic carbocycles. The van der Waals surface area contributed by atoms with E-state index in [0.29, 0.717) is 11.5 Å². The van der Waals surface area contributed by atoms with Crippen molar-refractivity contribution in [2.45, 2.75) is 6.61 Å². The van der Waals surface area contributed by atoms with Crippen molar-refractivity contribution in [1.29, 1.82) is 0 Å². The Morgan fingerprint density at radius 3 is 2.89 bits per heavy atom. The average Bonchev–Trinajstić information content (AvgIpc) is 3.23. The lowest BCUT2D eigenvalue weighted by molar-refractivity contribution is -0.386. The summed E-state index contributed by atoms with van der Waals surface area (Å²) in [6.07, 6.45) is 4.20. The summed E-state index contributed by atoms with van der Waals surface area (Å²) in [5.74, 6) is -0.571. The second-order valence-corrected chi connectivity index (χ2v) is 6.07. The highest BCUT2D eigenvalue weighted by Gasteiger charge is 2.17. The van der Waals surface area contributed by atoms with Gasteiger partial charge in [-0.15, -0.1) is 0 Å². The first-order valence-electron chi connectivity index (χ1n) is 7.90. The quantitative estimate of drug-likeness (QED) is 0.253. The topological polar surface area (TPSA) is 100 Å². The number of hydrogen-bond donors (Lipinski definition) is 0. The van der Waals surface area contributed by atoms with Gasteiger partial charge in [-0.05, 0) is 30.4 Å². The molecule has 28 heavy (non-hydrogen) atoms. The van der Waals surface area contributed by atoms with E-state index in [0.717, 1.165) is 18.2 Å². The van der Waals surface area contributed by atoms with Crippen LogP contribution < -0.4 is 4.74 Å². The van der Waals surface area contributed by atoms with E-state index < -0.39 is 16.5 Å². The molecule has 10 heteroatoms. The van der Waals surface area contributed by atoms with E-state index >= 15 is 0 Å². The number of halogens is 2. The van der Waals surface area contributed by atoms with Gasteiger partial charge in [0.1, 0.15) is 23.9 Å². The van der Waals surface area contributed by atoms with Gasteiger partial charge in [0.05, 0.1) is 9.95 Å². The molecule has 0 saturated carbocycles. The molecule has 0 bridgehead atoms. The minimum Gasteiger partial charge on any atom is -0.479 e. The largest absolute Gasteiger partial charge is 0.479 e. The predicted molar refractivity (Wildman–Crippen MR) is 97.7 cm³/mol. The van der Waals surface area contributed by atoms with Crippen LogP contribution in [0.15, 0.2) is 47.0 Å². The summed E-state index contributed by atoms with van der Waals surface area (Å²) in [6.45, 7) is -0.155. The number of ketones is 1. The average molecular weight is 406 g/mol. The number of nitro benzene ring substituents is 1. The van der Waals surface area contributed by atoms with Crippen molar-refractivity contribution >= 4 is 29.1 Å². The second kappa shape index (κ2) is 8.05. The fraction of sp³-hybridized carbons (Fsp3) is 0.111. The van der Waals surface area contributed by atoms with E-state index in [2.05, 4.69) is 5.10 Å². The Morgan fingerprint density at radius 2 is 2.21 bits per heavy atom. The molecule has 3 rings (SSSR count). The number of nitro groups is 1. The molecule has 0 radical (unpaired) electrons. The Hall–Kier alpha value is -3.46. The van der Waals surface area contributed by atoms with Crippen molar-refractivity contribution in [2.24, 2.45) is 7.05 Å². The zero-order valence-electron chi connectivity index (χ0n) is 14.5. The Kier molecular flexibility index (Phi) is 5.55. The summed E-state index contributed by atoms with van der Waals surface area (Å²) in [4.78, 5) is 22.4. The summed E-state index contributed by atoms with van der Waals surface area (Å²) < 4.78 is 25.5. The number of rotatable bonds is 7. The SMILES string of the molecule is Cn1cc(Cl)c(C(=O)/C=C/c2ccc(COc3cc(F)ccc3[N+](=O)[O-])o2)n1. The minimum absolute atomic E-state index is 0.119. The number of ether oxygens (including phenoxy) is 1. The Labute approximate surface area is 162 Å². The van der Waals surface area contributed by atoms with Gasteiger partial charge in [0.25, 0.3) is 0 Å². The van der Waals surface area contributed by atoms with E-state index in [1.165, 1.54) is 23.0 Å². The van der Waals surface area contributed by atoms with Gasteiger partial charge >= 0.3 is 5.69 Å². The third kappa shape index (κ3) is 4.44. The number of aromatic nitrogens is 2. The number of furan rings is 1. The molecule has 144 valence electrons. The molecule has 0 aliphatic rings. The molecule has 0 spiro atoms. The summed E-state index contributed by atoms with van der Waals surface area (Å²) >= 11 is 5.92. The van der Waals surface area contributed by atoms with Crippen LogP contribution >= 0.6 is 11.6 Å². The summed E-state index contributed by atoms with van der Waals surface area (Å²) in [5.41, 5.74) is -0.236. The van der Waals surface area contributed by atoms with Crippen LogP contribution in [0.4, 0.5) is 10.1 Å². The van der Waals surface area contributed by atoms with Crippen LogP contribution in [0.2, 0.25) is 5.02 Å². The maximum atomic E-state index is 13.3. The number of carbonyl (C=O) groups is 1. The fourth-order valence-corrected chi connectivity index (χ4v) is 2.60. The van der Waals surface area contributed by atoms with Gasteiger partial charge in [-0.2, -0.15) is 5.10 Å². The van der Waals surface area contributed by atoms with Crippen LogP contribution in [0.3, 0.4) is 0 Å².